The molecule has 1 aromatic heterocycles. The number of fused-ring (bicyclic) bond motifs is 1. The number of carbonyl (C=O) groups is 4. The summed E-state index contributed by atoms with van der Waals surface area (Å²) in [6, 6.07) is 6.16. The number of hydrogen-bond donors (Lipinski definition) is 2. The van der Waals surface area contributed by atoms with E-state index in [1.165, 1.54) is 6.92 Å². The Bertz CT molecular complexity index is 1160. The van der Waals surface area contributed by atoms with Crippen LogP contribution in [-0.4, -0.2) is 63.6 Å². The van der Waals surface area contributed by atoms with Crippen LogP contribution in [0.4, 0.5) is 4.79 Å². The number of para-hydroxylation sites is 1. The second-order valence-electron chi connectivity index (χ2n) is 11.2. The van der Waals surface area contributed by atoms with Crippen LogP contribution in [0.3, 0.4) is 0 Å². The zero-order valence-corrected chi connectivity index (χ0v) is 23.0. The van der Waals surface area contributed by atoms with Gasteiger partial charge in [0.2, 0.25) is 17.7 Å². The smallest absolute Gasteiger partial charge is 0.408 e. The van der Waals surface area contributed by atoms with Crippen LogP contribution in [-0.2, 0) is 20.7 Å². The molecule has 0 unspecified atom stereocenters. The van der Waals surface area contributed by atoms with Crippen molar-refractivity contribution in [2.24, 2.45) is 5.92 Å². The highest BCUT2D eigenvalue weighted by molar-refractivity contribution is 5.94. The second kappa shape index (κ2) is 11.4. The Morgan fingerprint density at radius 1 is 1.08 bits per heavy atom. The molecule has 2 heterocycles. The van der Waals surface area contributed by atoms with Gasteiger partial charge in [-0.1, -0.05) is 32.0 Å². The number of likely N-dealkylation sites (tertiary alicyclic amines) is 1. The standard InChI is InChI=1S/C28H40N4O5/c1-17(2)24(30-25(34)18(3)29-27(36)37-28(5,6)7)26(35)31-14-10-11-21(31)15-20-16-32(19(4)33)23-13-9-8-12-22(20)23/h8-9,12-13,16-18,21,24H,10-11,14-15H2,1-7H3,(H,29,36)(H,30,34)/t18-,21-,24-/m0/s1. The first kappa shape index (κ1) is 28.2. The highest BCUT2D eigenvalue weighted by atomic mass is 16.6. The fourth-order valence-corrected chi connectivity index (χ4v) is 4.79. The lowest BCUT2D eigenvalue weighted by molar-refractivity contribution is -0.138. The van der Waals surface area contributed by atoms with Crippen LogP contribution in [0.2, 0.25) is 0 Å². The Hall–Kier alpha value is -3.36. The molecular weight excluding hydrogens is 472 g/mol. The highest BCUT2D eigenvalue weighted by Gasteiger charge is 2.36. The van der Waals surface area contributed by atoms with Crippen molar-refractivity contribution in [1.82, 2.24) is 20.1 Å². The molecule has 1 aliphatic rings. The highest BCUT2D eigenvalue weighted by Crippen LogP contribution is 2.28. The average molecular weight is 513 g/mol. The summed E-state index contributed by atoms with van der Waals surface area (Å²) in [4.78, 5) is 52.6. The first-order valence-corrected chi connectivity index (χ1v) is 13.0. The molecule has 0 radical (unpaired) electrons. The van der Waals surface area contributed by atoms with Gasteiger partial charge >= 0.3 is 6.09 Å². The number of nitrogens with zero attached hydrogens (tertiary/aromatic N) is 2. The summed E-state index contributed by atoms with van der Waals surface area (Å²) in [5.41, 5.74) is 1.20. The minimum Gasteiger partial charge on any atom is -0.444 e. The van der Waals surface area contributed by atoms with Gasteiger partial charge in [-0.05, 0) is 64.5 Å². The Morgan fingerprint density at radius 2 is 1.76 bits per heavy atom. The van der Waals surface area contributed by atoms with E-state index < -0.39 is 29.7 Å². The largest absolute Gasteiger partial charge is 0.444 e. The third-order valence-electron chi connectivity index (χ3n) is 6.61. The van der Waals surface area contributed by atoms with E-state index in [4.69, 9.17) is 4.74 Å². The molecule has 2 N–H and O–H groups in total. The van der Waals surface area contributed by atoms with Crippen LogP contribution in [0.25, 0.3) is 10.9 Å². The Morgan fingerprint density at radius 3 is 2.38 bits per heavy atom. The number of carbonyl (C=O) groups excluding carboxylic acids is 4. The molecule has 0 aliphatic carbocycles. The summed E-state index contributed by atoms with van der Waals surface area (Å²) in [5, 5.41) is 6.38. The quantitative estimate of drug-likeness (QED) is 0.585. The molecule has 0 spiro atoms. The normalized spacial score (nSPS) is 17.5. The fourth-order valence-electron chi connectivity index (χ4n) is 4.79. The van der Waals surface area contributed by atoms with Crippen molar-refractivity contribution in [3.05, 3.63) is 36.0 Å². The van der Waals surface area contributed by atoms with Gasteiger partial charge in [0.05, 0.1) is 5.52 Å². The molecule has 202 valence electrons. The summed E-state index contributed by atoms with van der Waals surface area (Å²) < 4.78 is 6.88. The Labute approximate surface area is 218 Å². The molecule has 1 saturated heterocycles. The molecule has 3 amide bonds. The SMILES string of the molecule is CC(=O)n1cc(C[C@@H]2CCCN2C(=O)[C@@H](NC(=O)[C@H](C)NC(=O)OC(C)(C)C)C(C)C)c2ccccc21. The van der Waals surface area contributed by atoms with E-state index >= 15 is 0 Å². The van der Waals surface area contributed by atoms with Crippen molar-refractivity contribution < 1.29 is 23.9 Å². The predicted molar refractivity (Wildman–Crippen MR) is 142 cm³/mol. The number of alkyl carbamates (subject to hydrolysis) is 1. The van der Waals surface area contributed by atoms with Gasteiger partial charge in [0.25, 0.3) is 0 Å². The number of amides is 3. The summed E-state index contributed by atoms with van der Waals surface area (Å²) in [6.07, 6.45) is 3.53. The van der Waals surface area contributed by atoms with Crippen molar-refractivity contribution in [3.8, 4) is 0 Å². The summed E-state index contributed by atoms with van der Waals surface area (Å²) >= 11 is 0. The molecule has 3 rings (SSSR count). The van der Waals surface area contributed by atoms with Crippen LogP contribution in [0, 0.1) is 5.92 Å². The van der Waals surface area contributed by atoms with E-state index in [0.717, 1.165) is 29.3 Å². The number of benzene rings is 1. The summed E-state index contributed by atoms with van der Waals surface area (Å²) in [6.45, 7) is 12.7. The molecule has 9 nitrogen and oxygen atoms in total. The van der Waals surface area contributed by atoms with Crippen LogP contribution >= 0.6 is 0 Å². The van der Waals surface area contributed by atoms with E-state index in [1.807, 2.05) is 49.2 Å². The number of aromatic nitrogens is 1. The van der Waals surface area contributed by atoms with Crippen molar-refractivity contribution in [2.75, 3.05) is 6.54 Å². The van der Waals surface area contributed by atoms with Crippen molar-refractivity contribution >= 4 is 34.7 Å². The molecule has 37 heavy (non-hydrogen) atoms. The third-order valence-corrected chi connectivity index (χ3v) is 6.61. The third kappa shape index (κ3) is 6.90. The van der Waals surface area contributed by atoms with Crippen LogP contribution in [0.15, 0.2) is 30.5 Å². The molecule has 9 heteroatoms. The molecule has 1 aromatic carbocycles. The van der Waals surface area contributed by atoms with E-state index in [0.29, 0.717) is 13.0 Å². The molecule has 1 aliphatic heterocycles. The van der Waals surface area contributed by atoms with E-state index in [2.05, 4.69) is 10.6 Å². The fraction of sp³-hybridized carbons (Fsp3) is 0.571. The van der Waals surface area contributed by atoms with E-state index in [1.54, 1.807) is 32.3 Å². The summed E-state index contributed by atoms with van der Waals surface area (Å²) in [5.74, 6) is -0.784. The lowest BCUT2D eigenvalue weighted by atomic mass is 9.99. The topological polar surface area (TPSA) is 110 Å². The maximum atomic E-state index is 13.7. The monoisotopic (exact) mass is 512 g/mol. The van der Waals surface area contributed by atoms with Crippen LogP contribution in [0.5, 0.6) is 0 Å². The van der Waals surface area contributed by atoms with Gasteiger partial charge in [0, 0.05) is 31.1 Å². The number of rotatable bonds is 7. The van der Waals surface area contributed by atoms with Crippen molar-refractivity contribution in [1.29, 1.82) is 0 Å². The minimum atomic E-state index is -0.865. The zero-order valence-electron chi connectivity index (χ0n) is 23.0. The summed E-state index contributed by atoms with van der Waals surface area (Å²) in [7, 11) is 0. The second-order valence-corrected chi connectivity index (χ2v) is 11.2. The van der Waals surface area contributed by atoms with E-state index in [9.17, 15) is 19.2 Å². The van der Waals surface area contributed by atoms with E-state index in [-0.39, 0.29) is 23.8 Å². The first-order chi connectivity index (χ1) is 17.3. The van der Waals surface area contributed by atoms with Gasteiger partial charge in [-0.3, -0.25) is 19.0 Å². The number of ether oxygens (including phenoxy) is 1. The van der Waals surface area contributed by atoms with Crippen LogP contribution < -0.4 is 10.6 Å². The first-order valence-electron chi connectivity index (χ1n) is 13.0. The van der Waals surface area contributed by atoms with Crippen LogP contribution in [0.1, 0.15) is 71.7 Å². The van der Waals surface area contributed by atoms with Gasteiger partial charge in [0.1, 0.15) is 17.7 Å². The maximum absolute atomic E-state index is 13.7. The molecule has 0 saturated carbocycles. The van der Waals surface area contributed by atoms with Crippen molar-refractivity contribution in [2.45, 2.75) is 91.5 Å². The van der Waals surface area contributed by atoms with Gasteiger partial charge in [-0.15, -0.1) is 0 Å². The lowest BCUT2D eigenvalue weighted by Crippen LogP contribution is -2.56. The average Bonchev–Trinajstić information content (AvgIpc) is 3.40. The van der Waals surface area contributed by atoms with Gasteiger partial charge in [-0.2, -0.15) is 0 Å². The minimum absolute atomic E-state index is 0.0332. The van der Waals surface area contributed by atoms with Gasteiger partial charge < -0.3 is 20.3 Å². The molecule has 1 fully saturated rings. The van der Waals surface area contributed by atoms with Crippen molar-refractivity contribution in [3.63, 3.8) is 0 Å². The lowest BCUT2D eigenvalue weighted by Gasteiger charge is -2.32. The molecule has 3 atom stereocenters. The molecule has 2 aromatic rings. The Balaban J connectivity index is 1.72. The molecular formula is C28H40N4O5. The van der Waals surface area contributed by atoms with Gasteiger partial charge in [-0.25, -0.2) is 4.79 Å². The Kier molecular flexibility index (Phi) is 8.66. The molecule has 0 bridgehead atoms. The number of nitrogens with one attached hydrogen (secondary N) is 2. The maximum Gasteiger partial charge on any atom is 0.408 e. The van der Waals surface area contributed by atoms with Gasteiger partial charge in [0.15, 0.2) is 0 Å². The predicted octanol–water partition coefficient (Wildman–Crippen LogP) is 3.89. The number of hydrogen-bond acceptors (Lipinski definition) is 5. The zero-order chi connectivity index (χ0) is 27.5.